The largest absolute Gasteiger partial charge is 0.504 e. The number of hydrogen-bond acceptors (Lipinski definition) is 3. The van der Waals surface area contributed by atoms with Gasteiger partial charge in [0.15, 0.2) is 0 Å². The van der Waals surface area contributed by atoms with Crippen molar-refractivity contribution in [3.05, 3.63) is 12.3 Å². The summed E-state index contributed by atoms with van der Waals surface area (Å²) in [5, 5.41) is 10.9. The van der Waals surface area contributed by atoms with Crippen LogP contribution in [0.25, 0.3) is 0 Å². The number of carbonyl (C=O) groups excluding carboxylic acids is 1. The van der Waals surface area contributed by atoms with Gasteiger partial charge < -0.3 is 15.2 Å². The highest BCUT2D eigenvalue weighted by atomic mass is 16.5. The maximum Gasteiger partial charge on any atom is 0.328 e. The van der Waals surface area contributed by atoms with E-state index in [1.54, 1.807) is 0 Å². The zero-order valence-corrected chi connectivity index (χ0v) is 7.83. The predicted molar refractivity (Wildman–Crippen MR) is 46.0 cm³/mol. The van der Waals surface area contributed by atoms with Gasteiger partial charge in [-0.2, -0.15) is 0 Å². The van der Waals surface area contributed by atoms with Gasteiger partial charge in [0.25, 0.3) is 0 Å². The molecule has 0 saturated carbocycles. The smallest absolute Gasteiger partial charge is 0.328 e. The number of aliphatic carboxylic acids is 1. The fraction of sp³-hybridized carbons (Fsp3) is 0.500. The maximum absolute atomic E-state index is 11.0. The first-order valence-corrected chi connectivity index (χ1v) is 3.65. The van der Waals surface area contributed by atoms with Gasteiger partial charge in [-0.3, -0.25) is 4.79 Å². The first kappa shape index (κ1) is 11.5. The van der Waals surface area contributed by atoms with E-state index in [9.17, 15) is 9.59 Å². The number of rotatable bonds is 4. The highest BCUT2D eigenvalue weighted by Gasteiger charge is 2.27. The van der Waals surface area contributed by atoms with Gasteiger partial charge in [0.1, 0.15) is 5.54 Å². The molecule has 5 nitrogen and oxygen atoms in total. The molecule has 13 heavy (non-hydrogen) atoms. The van der Waals surface area contributed by atoms with E-state index in [0.717, 1.165) is 6.08 Å². The summed E-state index contributed by atoms with van der Waals surface area (Å²) < 4.78 is 4.50. The van der Waals surface area contributed by atoms with Crippen molar-refractivity contribution in [3.8, 4) is 0 Å². The summed E-state index contributed by atoms with van der Waals surface area (Å²) >= 11 is 0. The normalized spacial score (nSPS) is 11.3. The second-order valence-corrected chi connectivity index (χ2v) is 2.96. The molecule has 2 N–H and O–H groups in total. The maximum atomic E-state index is 11.0. The van der Waals surface area contributed by atoms with Gasteiger partial charge in [-0.05, 0) is 13.8 Å². The lowest BCUT2D eigenvalue weighted by molar-refractivity contribution is -0.145. The Bertz CT molecular complexity index is 232. The van der Waals surface area contributed by atoms with Crippen molar-refractivity contribution in [2.24, 2.45) is 0 Å². The Morgan fingerprint density at radius 2 is 2.00 bits per heavy atom. The number of methoxy groups -OCH3 is 1. The van der Waals surface area contributed by atoms with Gasteiger partial charge >= 0.3 is 5.97 Å². The SMILES string of the molecule is COC=CC(=O)NC(C)(C)C(=O)O. The second kappa shape index (κ2) is 4.49. The van der Waals surface area contributed by atoms with Crippen LogP contribution < -0.4 is 5.32 Å². The summed E-state index contributed by atoms with van der Waals surface area (Å²) in [6.45, 7) is 2.79. The van der Waals surface area contributed by atoms with Crippen LogP contribution in [0.1, 0.15) is 13.8 Å². The van der Waals surface area contributed by atoms with Crippen LogP contribution in [0.2, 0.25) is 0 Å². The van der Waals surface area contributed by atoms with Crippen LogP contribution in [-0.2, 0) is 14.3 Å². The van der Waals surface area contributed by atoms with E-state index in [1.165, 1.54) is 27.2 Å². The lowest BCUT2D eigenvalue weighted by Crippen LogP contribution is -2.49. The summed E-state index contributed by atoms with van der Waals surface area (Å²) in [5.74, 6) is -1.60. The molecule has 0 aromatic heterocycles. The van der Waals surface area contributed by atoms with Crippen LogP contribution in [0.4, 0.5) is 0 Å². The number of carboxylic acid groups (broad SMARTS) is 1. The number of amides is 1. The second-order valence-electron chi connectivity index (χ2n) is 2.96. The van der Waals surface area contributed by atoms with Crippen molar-refractivity contribution in [2.45, 2.75) is 19.4 Å². The average molecular weight is 187 g/mol. The monoisotopic (exact) mass is 187 g/mol. The first-order valence-electron chi connectivity index (χ1n) is 3.65. The fourth-order valence-corrected chi connectivity index (χ4v) is 0.533. The van der Waals surface area contributed by atoms with E-state index in [4.69, 9.17) is 5.11 Å². The van der Waals surface area contributed by atoms with Gasteiger partial charge in [0.05, 0.1) is 13.4 Å². The third-order valence-electron chi connectivity index (χ3n) is 1.33. The van der Waals surface area contributed by atoms with Gasteiger partial charge in [-0.25, -0.2) is 4.79 Å². The fourth-order valence-electron chi connectivity index (χ4n) is 0.533. The minimum Gasteiger partial charge on any atom is -0.504 e. The van der Waals surface area contributed by atoms with E-state index in [1.807, 2.05) is 0 Å². The molecule has 0 aliphatic carbocycles. The summed E-state index contributed by atoms with van der Waals surface area (Å²) in [7, 11) is 1.39. The van der Waals surface area contributed by atoms with Crippen LogP contribution >= 0.6 is 0 Å². The van der Waals surface area contributed by atoms with E-state index in [-0.39, 0.29) is 0 Å². The van der Waals surface area contributed by atoms with Crippen LogP contribution in [-0.4, -0.2) is 29.6 Å². The molecule has 5 heteroatoms. The van der Waals surface area contributed by atoms with Gasteiger partial charge in [0.2, 0.25) is 5.91 Å². The standard InChI is InChI=1S/C8H13NO4/c1-8(2,7(11)12)9-6(10)4-5-13-3/h4-5H,1-3H3,(H,9,10)(H,11,12). The predicted octanol–water partition coefficient (Wildman–Crippen LogP) is 0.126. The molecule has 0 saturated heterocycles. The minimum atomic E-state index is -1.27. The Kier molecular flexibility index (Phi) is 3.97. The molecule has 0 aromatic carbocycles. The molecule has 0 aliphatic heterocycles. The number of carbonyl (C=O) groups is 2. The quantitative estimate of drug-likeness (QED) is 0.484. The Hall–Kier alpha value is -1.52. The number of ether oxygens (including phenoxy) is 1. The molecule has 0 aliphatic rings. The number of hydrogen-bond donors (Lipinski definition) is 2. The van der Waals surface area contributed by atoms with E-state index >= 15 is 0 Å². The molecule has 74 valence electrons. The van der Waals surface area contributed by atoms with Crippen LogP contribution in [0.3, 0.4) is 0 Å². The van der Waals surface area contributed by atoms with Gasteiger partial charge in [0, 0.05) is 6.08 Å². The summed E-state index contributed by atoms with van der Waals surface area (Å²) in [6, 6.07) is 0. The summed E-state index contributed by atoms with van der Waals surface area (Å²) in [4.78, 5) is 21.5. The topological polar surface area (TPSA) is 75.6 Å². The van der Waals surface area contributed by atoms with Crippen molar-refractivity contribution in [3.63, 3.8) is 0 Å². The molecule has 0 atom stereocenters. The molecule has 0 bridgehead atoms. The molecule has 0 radical (unpaired) electrons. The van der Waals surface area contributed by atoms with Crippen molar-refractivity contribution in [1.82, 2.24) is 5.32 Å². The third kappa shape index (κ3) is 4.15. The molecule has 0 rings (SSSR count). The lowest BCUT2D eigenvalue weighted by atomic mass is 10.1. The number of carboxylic acids is 1. The third-order valence-corrected chi connectivity index (χ3v) is 1.33. The Balaban J connectivity index is 4.20. The molecule has 0 spiro atoms. The Labute approximate surface area is 76.4 Å². The molecule has 0 aromatic rings. The first-order chi connectivity index (χ1) is 5.90. The molecule has 0 heterocycles. The zero-order valence-electron chi connectivity index (χ0n) is 7.83. The Morgan fingerprint density at radius 3 is 2.38 bits per heavy atom. The van der Waals surface area contributed by atoms with E-state index < -0.39 is 17.4 Å². The number of nitrogens with one attached hydrogen (secondary N) is 1. The Morgan fingerprint density at radius 1 is 1.46 bits per heavy atom. The van der Waals surface area contributed by atoms with Gasteiger partial charge in [-0.1, -0.05) is 0 Å². The summed E-state index contributed by atoms with van der Waals surface area (Å²) in [5.41, 5.74) is -1.27. The molecular formula is C8H13NO4. The lowest BCUT2D eigenvalue weighted by Gasteiger charge is -2.19. The van der Waals surface area contributed by atoms with Crippen LogP contribution in [0.5, 0.6) is 0 Å². The highest BCUT2D eigenvalue weighted by Crippen LogP contribution is 2.01. The zero-order chi connectivity index (χ0) is 10.5. The van der Waals surface area contributed by atoms with Crippen molar-refractivity contribution < 1.29 is 19.4 Å². The van der Waals surface area contributed by atoms with E-state index in [0.29, 0.717) is 0 Å². The van der Waals surface area contributed by atoms with Crippen LogP contribution in [0, 0.1) is 0 Å². The molecule has 1 amide bonds. The van der Waals surface area contributed by atoms with Crippen molar-refractivity contribution in [2.75, 3.05) is 7.11 Å². The molecule has 0 fully saturated rings. The molecular weight excluding hydrogens is 174 g/mol. The summed E-state index contributed by atoms with van der Waals surface area (Å²) in [6.07, 6.45) is 2.29. The highest BCUT2D eigenvalue weighted by molar-refractivity contribution is 5.92. The van der Waals surface area contributed by atoms with E-state index in [2.05, 4.69) is 10.1 Å². The minimum absolute atomic E-state index is 0.505. The average Bonchev–Trinajstić information content (AvgIpc) is 1.99. The van der Waals surface area contributed by atoms with Gasteiger partial charge in [-0.15, -0.1) is 0 Å². The molecule has 0 unspecified atom stereocenters. The van der Waals surface area contributed by atoms with Crippen molar-refractivity contribution in [1.29, 1.82) is 0 Å². The van der Waals surface area contributed by atoms with Crippen molar-refractivity contribution >= 4 is 11.9 Å². The van der Waals surface area contributed by atoms with Crippen LogP contribution in [0.15, 0.2) is 12.3 Å².